The zero-order chi connectivity index (χ0) is 26.0. The van der Waals surface area contributed by atoms with Crippen molar-refractivity contribution in [2.75, 3.05) is 19.0 Å². The summed E-state index contributed by atoms with van der Waals surface area (Å²) in [7, 11) is 3.32. The fourth-order valence-corrected chi connectivity index (χ4v) is 4.27. The van der Waals surface area contributed by atoms with Crippen molar-refractivity contribution in [3.63, 3.8) is 0 Å². The second kappa shape index (κ2) is 10.4. The number of pyridine rings is 1. The number of carbonyl (C=O) groups is 1. The fourth-order valence-electron chi connectivity index (χ4n) is 4.27. The largest absolute Gasteiger partial charge is 0.472 e. The van der Waals surface area contributed by atoms with Crippen LogP contribution < -0.4 is 10.1 Å². The third-order valence-electron chi connectivity index (χ3n) is 6.07. The van der Waals surface area contributed by atoms with Crippen molar-refractivity contribution in [1.29, 1.82) is 0 Å². The van der Waals surface area contributed by atoms with Gasteiger partial charge in [-0.2, -0.15) is 10.2 Å². The average molecular weight is 497 g/mol. The van der Waals surface area contributed by atoms with Crippen molar-refractivity contribution in [3.05, 3.63) is 53.1 Å². The molecule has 0 unspecified atom stereocenters. The normalized spacial score (nSPS) is 18.1. The van der Waals surface area contributed by atoms with Gasteiger partial charge in [0.1, 0.15) is 17.9 Å². The highest BCUT2D eigenvalue weighted by Gasteiger charge is 2.34. The molecule has 0 aromatic carbocycles. The molecule has 10 heteroatoms. The van der Waals surface area contributed by atoms with E-state index in [2.05, 4.69) is 50.0 Å². The molecule has 3 aromatic rings. The van der Waals surface area contributed by atoms with Gasteiger partial charge in [0, 0.05) is 38.9 Å². The molecular formula is C26H36N6O4. The second-order valence-electron chi connectivity index (χ2n) is 10.4. The first-order valence-corrected chi connectivity index (χ1v) is 12.2. The average Bonchev–Trinajstić information content (AvgIpc) is 3.52. The minimum absolute atomic E-state index is 0.125. The van der Waals surface area contributed by atoms with Gasteiger partial charge in [0.2, 0.25) is 5.88 Å². The second-order valence-corrected chi connectivity index (χ2v) is 10.4. The van der Waals surface area contributed by atoms with Gasteiger partial charge in [-0.15, -0.1) is 0 Å². The first kappa shape index (κ1) is 25.8. The van der Waals surface area contributed by atoms with Gasteiger partial charge in [-0.3, -0.25) is 14.2 Å². The summed E-state index contributed by atoms with van der Waals surface area (Å²) < 4.78 is 20.9. The number of ether oxygens (including phenoxy) is 3. The van der Waals surface area contributed by atoms with Gasteiger partial charge in [0.05, 0.1) is 30.1 Å². The summed E-state index contributed by atoms with van der Waals surface area (Å²) in [4.78, 5) is 17.3. The standard InChI is InChI=1S/C26H36N6O4/c1-16(2)17-8-9-27-24(10-17)36-19-12-22(35-15-19)20-13-23(30-32(20)26(3,4)5)28-25(33)21-11-18(14-34-7)29-31(21)6/h8-11,13,16,19,22H,12,14-15H2,1-7H3,(H,28,30,33)/t19-,22-/m1/s1. The van der Waals surface area contributed by atoms with E-state index in [0.717, 1.165) is 5.69 Å². The Kier molecular flexibility index (Phi) is 7.46. The Morgan fingerprint density at radius 1 is 1.25 bits per heavy atom. The maximum Gasteiger partial charge on any atom is 0.275 e. The molecular weight excluding hydrogens is 460 g/mol. The van der Waals surface area contributed by atoms with Crippen molar-refractivity contribution in [1.82, 2.24) is 24.5 Å². The first-order valence-electron chi connectivity index (χ1n) is 12.2. The van der Waals surface area contributed by atoms with Crippen LogP contribution in [0.25, 0.3) is 0 Å². The van der Waals surface area contributed by atoms with Gasteiger partial charge in [-0.25, -0.2) is 4.98 Å². The highest BCUT2D eigenvalue weighted by Crippen LogP contribution is 2.35. The van der Waals surface area contributed by atoms with Gasteiger partial charge in [-0.1, -0.05) is 13.8 Å². The quantitative estimate of drug-likeness (QED) is 0.498. The molecule has 1 amide bonds. The number of hydrogen-bond acceptors (Lipinski definition) is 7. The minimum atomic E-state index is -0.314. The van der Waals surface area contributed by atoms with Crippen LogP contribution >= 0.6 is 0 Å². The summed E-state index contributed by atoms with van der Waals surface area (Å²) in [5.74, 6) is 1.17. The van der Waals surface area contributed by atoms with E-state index in [4.69, 9.17) is 19.3 Å². The summed E-state index contributed by atoms with van der Waals surface area (Å²) in [5.41, 5.74) is 2.87. The van der Waals surface area contributed by atoms with E-state index >= 15 is 0 Å². The lowest BCUT2D eigenvalue weighted by atomic mass is 10.1. The van der Waals surface area contributed by atoms with Crippen molar-refractivity contribution in [3.8, 4) is 5.88 Å². The van der Waals surface area contributed by atoms with Gasteiger partial charge in [-0.05, 0) is 44.4 Å². The molecule has 0 spiro atoms. The number of methoxy groups -OCH3 is 1. The molecule has 0 radical (unpaired) electrons. The van der Waals surface area contributed by atoms with Gasteiger partial charge < -0.3 is 19.5 Å². The lowest BCUT2D eigenvalue weighted by molar-refractivity contribution is 0.0850. The van der Waals surface area contributed by atoms with Crippen LogP contribution in [0.3, 0.4) is 0 Å². The molecule has 1 saturated heterocycles. The summed E-state index contributed by atoms with van der Waals surface area (Å²) in [6.45, 7) is 11.3. The molecule has 4 heterocycles. The van der Waals surface area contributed by atoms with E-state index in [1.54, 1.807) is 26.4 Å². The summed E-state index contributed by atoms with van der Waals surface area (Å²) >= 11 is 0. The SMILES string of the molecule is COCc1cc(C(=O)Nc2cc([C@H]3C[C@@H](Oc4cc(C(C)C)ccn4)CO3)n(C(C)(C)C)n2)n(C)n1. The molecule has 1 aliphatic heterocycles. The Labute approximate surface area is 212 Å². The van der Waals surface area contributed by atoms with Crippen LogP contribution in [0.15, 0.2) is 30.5 Å². The van der Waals surface area contributed by atoms with Crippen LogP contribution in [0.4, 0.5) is 5.82 Å². The molecule has 0 saturated carbocycles. The molecule has 10 nitrogen and oxygen atoms in total. The van der Waals surface area contributed by atoms with Crippen LogP contribution in [0, 0.1) is 0 Å². The molecule has 2 atom stereocenters. The van der Waals surface area contributed by atoms with E-state index in [1.165, 1.54) is 10.2 Å². The molecule has 1 aliphatic rings. The predicted molar refractivity (Wildman–Crippen MR) is 135 cm³/mol. The Hall–Kier alpha value is -3.24. The molecule has 1 N–H and O–H groups in total. The number of rotatable bonds is 8. The Morgan fingerprint density at radius 2 is 2.03 bits per heavy atom. The van der Waals surface area contributed by atoms with Crippen LogP contribution in [-0.2, 0) is 28.7 Å². The van der Waals surface area contributed by atoms with E-state index in [-0.39, 0.29) is 23.7 Å². The number of hydrogen-bond donors (Lipinski definition) is 1. The minimum Gasteiger partial charge on any atom is -0.472 e. The van der Waals surface area contributed by atoms with E-state index in [1.807, 2.05) is 22.9 Å². The van der Waals surface area contributed by atoms with Gasteiger partial charge >= 0.3 is 0 Å². The Morgan fingerprint density at radius 3 is 2.72 bits per heavy atom. The zero-order valence-electron chi connectivity index (χ0n) is 22.1. The smallest absolute Gasteiger partial charge is 0.275 e. The molecule has 194 valence electrons. The van der Waals surface area contributed by atoms with Crippen molar-refractivity contribution >= 4 is 11.7 Å². The third kappa shape index (κ3) is 5.76. The van der Waals surface area contributed by atoms with Crippen LogP contribution in [0.2, 0.25) is 0 Å². The summed E-state index contributed by atoms with van der Waals surface area (Å²) in [6, 6.07) is 7.58. The topological polar surface area (TPSA) is 105 Å². The lowest BCUT2D eigenvalue weighted by Gasteiger charge is -2.24. The number of nitrogens with zero attached hydrogens (tertiary/aromatic N) is 5. The predicted octanol–water partition coefficient (Wildman–Crippen LogP) is 4.20. The molecule has 3 aromatic heterocycles. The summed E-state index contributed by atoms with van der Waals surface area (Å²) in [6.07, 6.45) is 2.10. The van der Waals surface area contributed by atoms with E-state index in [0.29, 0.717) is 48.6 Å². The fraction of sp³-hybridized carbons (Fsp3) is 0.538. The molecule has 36 heavy (non-hydrogen) atoms. The third-order valence-corrected chi connectivity index (χ3v) is 6.07. The number of amides is 1. The number of anilines is 1. The van der Waals surface area contributed by atoms with Crippen molar-refractivity contribution in [2.45, 2.75) is 71.3 Å². The highest BCUT2D eigenvalue weighted by atomic mass is 16.6. The van der Waals surface area contributed by atoms with Crippen molar-refractivity contribution in [2.24, 2.45) is 7.05 Å². The van der Waals surface area contributed by atoms with E-state index < -0.39 is 0 Å². The Bertz CT molecular complexity index is 1210. The molecule has 0 aliphatic carbocycles. The first-order chi connectivity index (χ1) is 17.0. The van der Waals surface area contributed by atoms with Crippen molar-refractivity contribution < 1.29 is 19.0 Å². The number of carbonyl (C=O) groups excluding carboxylic acids is 1. The van der Waals surface area contributed by atoms with Gasteiger partial charge in [0.15, 0.2) is 5.82 Å². The van der Waals surface area contributed by atoms with Gasteiger partial charge in [0.25, 0.3) is 5.91 Å². The highest BCUT2D eigenvalue weighted by molar-refractivity contribution is 6.02. The number of aryl methyl sites for hydroxylation is 1. The van der Waals surface area contributed by atoms with E-state index in [9.17, 15) is 4.79 Å². The lowest BCUT2D eigenvalue weighted by Crippen LogP contribution is -2.27. The Balaban J connectivity index is 1.50. The van der Waals surface area contributed by atoms with Crippen LogP contribution in [0.5, 0.6) is 5.88 Å². The van der Waals surface area contributed by atoms with Crippen LogP contribution in [-0.4, -0.2) is 50.3 Å². The maximum atomic E-state index is 13.0. The molecule has 1 fully saturated rings. The number of nitrogens with one attached hydrogen (secondary N) is 1. The van der Waals surface area contributed by atoms with Crippen LogP contribution in [0.1, 0.15) is 80.5 Å². The molecule has 4 rings (SSSR count). The number of aromatic nitrogens is 5. The molecule has 0 bridgehead atoms. The summed E-state index contributed by atoms with van der Waals surface area (Å²) in [5, 5.41) is 11.9. The maximum absolute atomic E-state index is 13.0. The monoisotopic (exact) mass is 496 g/mol. The zero-order valence-corrected chi connectivity index (χ0v) is 22.1.